The first kappa shape index (κ1) is 12.3. The summed E-state index contributed by atoms with van der Waals surface area (Å²) in [6.07, 6.45) is -6.13. The standard InChI is InChI=1S/C10H9ClF4/c11-5-6-1-3-7(4-2-6)8(9(12)13)10(14)15/h1-4,8-10H,5H2. The van der Waals surface area contributed by atoms with Crippen molar-refractivity contribution in [3.8, 4) is 0 Å². The predicted octanol–water partition coefficient (Wildman–Crippen LogP) is 4.04. The van der Waals surface area contributed by atoms with Crippen LogP contribution in [-0.4, -0.2) is 12.9 Å². The largest absolute Gasteiger partial charge is 0.250 e. The van der Waals surface area contributed by atoms with Crippen molar-refractivity contribution >= 4 is 11.6 Å². The third kappa shape index (κ3) is 3.09. The molecule has 1 rings (SSSR count). The molecule has 5 heteroatoms. The summed E-state index contributed by atoms with van der Waals surface area (Å²) in [6.45, 7) is 0. The highest BCUT2D eigenvalue weighted by Crippen LogP contribution is 2.29. The Labute approximate surface area is 89.9 Å². The Morgan fingerprint density at radius 2 is 1.40 bits per heavy atom. The van der Waals surface area contributed by atoms with Crippen molar-refractivity contribution in [2.24, 2.45) is 0 Å². The van der Waals surface area contributed by atoms with E-state index in [1.54, 1.807) is 0 Å². The van der Waals surface area contributed by atoms with E-state index < -0.39 is 18.8 Å². The molecule has 0 unspecified atom stereocenters. The summed E-state index contributed by atoms with van der Waals surface area (Å²) in [5.74, 6) is -1.79. The van der Waals surface area contributed by atoms with Gasteiger partial charge in [0.05, 0.1) is 0 Å². The Kier molecular flexibility index (Phi) is 4.39. The summed E-state index contributed by atoms with van der Waals surface area (Å²) in [4.78, 5) is 0. The lowest BCUT2D eigenvalue weighted by molar-refractivity contribution is 0.0147. The summed E-state index contributed by atoms with van der Waals surface area (Å²) < 4.78 is 49.2. The molecule has 0 spiro atoms. The molecule has 0 radical (unpaired) electrons. The Bertz CT molecular complexity index is 289. The number of rotatable bonds is 4. The molecule has 0 bridgehead atoms. The van der Waals surface area contributed by atoms with Crippen LogP contribution in [0.1, 0.15) is 17.0 Å². The topological polar surface area (TPSA) is 0 Å². The van der Waals surface area contributed by atoms with E-state index in [1.807, 2.05) is 0 Å². The van der Waals surface area contributed by atoms with Gasteiger partial charge in [-0.1, -0.05) is 24.3 Å². The van der Waals surface area contributed by atoms with E-state index in [-0.39, 0.29) is 11.4 Å². The SMILES string of the molecule is FC(F)C(c1ccc(CCl)cc1)C(F)F. The van der Waals surface area contributed by atoms with Gasteiger partial charge in [-0.3, -0.25) is 0 Å². The first-order valence-electron chi connectivity index (χ1n) is 4.27. The fraction of sp³-hybridized carbons (Fsp3) is 0.400. The van der Waals surface area contributed by atoms with Crippen LogP contribution in [0.3, 0.4) is 0 Å². The minimum Gasteiger partial charge on any atom is -0.210 e. The molecule has 84 valence electrons. The molecule has 0 aliphatic heterocycles. The second-order valence-electron chi connectivity index (χ2n) is 3.07. The van der Waals surface area contributed by atoms with Crippen LogP contribution in [0, 0.1) is 0 Å². The van der Waals surface area contributed by atoms with Gasteiger partial charge in [0.1, 0.15) is 5.92 Å². The highest BCUT2D eigenvalue weighted by Gasteiger charge is 2.31. The van der Waals surface area contributed by atoms with E-state index >= 15 is 0 Å². The molecule has 0 nitrogen and oxygen atoms in total. The zero-order chi connectivity index (χ0) is 11.4. The molecule has 15 heavy (non-hydrogen) atoms. The summed E-state index contributed by atoms with van der Waals surface area (Å²) >= 11 is 5.49. The van der Waals surface area contributed by atoms with E-state index in [9.17, 15) is 17.6 Å². The Morgan fingerprint density at radius 1 is 0.933 bits per heavy atom. The Balaban J connectivity index is 2.92. The van der Waals surface area contributed by atoms with Crippen molar-refractivity contribution in [3.63, 3.8) is 0 Å². The van der Waals surface area contributed by atoms with E-state index in [2.05, 4.69) is 0 Å². The highest BCUT2D eigenvalue weighted by atomic mass is 35.5. The molecule has 0 N–H and O–H groups in total. The van der Waals surface area contributed by atoms with Gasteiger partial charge < -0.3 is 0 Å². The molecular formula is C10H9ClF4. The number of benzene rings is 1. The molecule has 0 aromatic heterocycles. The van der Waals surface area contributed by atoms with Crippen molar-refractivity contribution < 1.29 is 17.6 Å². The summed E-state index contributed by atoms with van der Waals surface area (Å²) in [7, 11) is 0. The van der Waals surface area contributed by atoms with E-state index in [4.69, 9.17) is 11.6 Å². The lowest BCUT2D eigenvalue weighted by atomic mass is 9.99. The maximum Gasteiger partial charge on any atom is 0.250 e. The molecule has 1 aromatic rings. The second kappa shape index (κ2) is 5.35. The highest BCUT2D eigenvalue weighted by molar-refractivity contribution is 6.17. The van der Waals surface area contributed by atoms with Gasteiger partial charge in [-0.25, -0.2) is 17.6 Å². The molecule has 0 saturated heterocycles. The van der Waals surface area contributed by atoms with Gasteiger partial charge >= 0.3 is 0 Å². The van der Waals surface area contributed by atoms with Crippen LogP contribution in [0.25, 0.3) is 0 Å². The summed E-state index contributed by atoms with van der Waals surface area (Å²) in [5, 5.41) is 0. The smallest absolute Gasteiger partial charge is 0.210 e. The minimum absolute atomic E-state index is 0.0612. The van der Waals surface area contributed by atoms with Crippen LogP contribution in [0.2, 0.25) is 0 Å². The summed E-state index contributed by atoms with van der Waals surface area (Å²) in [6, 6.07) is 5.47. The minimum atomic E-state index is -3.06. The molecule has 0 atom stereocenters. The molecule has 1 aromatic carbocycles. The van der Waals surface area contributed by atoms with Gasteiger partial charge in [-0.05, 0) is 11.1 Å². The van der Waals surface area contributed by atoms with Crippen LogP contribution >= 0.6 is 11.6 Å². The van der Waals surface area contributed by atoms with Crippen LogP contribution in [-0.2, 0) is 5.88 Å². The monoisotopic (exact) mass is 240 g/mol. The van der Waals surface area contributed by atoms with Crippen molar-refractivity contribution in [1.29, 1.82) is 0 Å². The fourth-order valence-electron chi connectivity index (χ4n) is 1.23. The van der Waals surface area contributed by atoms with Crippen molar-refractivity contribution in [3.05, 3.63) is 35.4 Å². The third-order valence-electron chi connectivity index (χ3n) is 2.06. The number of hydrogen-bond acceptors (Lipinski definition) is 0. The average molecular weight is 241 g/mol. The Hall–Kier alpha value is -0.770. The maximum atomic E-state index is 12.3. The quantitative estimate of drug-likeness (QED) is 0.550. The van der Waals surface area contributed by atoms with Crippen molar-refractivity contribution in [2.45, 2.75) is 24.6 Å². The number of alkyl halides is 5. The molecular weight excluding hydrogens is 232 g/mol. The van der Waals surface area contributed by atoms with Gasteiger partial charge in [-0.15, -0.1) is 11.6 Å². The third-order valence-corrected chi connectivity index (χ3v) is 2.37. The lowest BCUT2D eigenvalue weighted by Gasteiger charge is -2.15. The second-order valence-corrected chi connectivity index (χ2v) is 3.34. The fourth-order valence-corrected chi connectivity index (χ4v) is 1.41. The number of halogens is 5. The van der Waals surface area contributed by atoms with Crippen molar-refractivity contribution in [1.82, 2.24) is 0 Å². The molecule has 0 fully saturated rings. The Morgan fingerprint density at radius 3 is 1.73 bits per heavy atom. The maximum absolute atomic E-state index is 12.3. The normalized spacial score (nSPS) is 11.7. The predicted molar refractivity (Wildman–Crippen MR) is 50.7 cm³/mol. The average Bonchev–Trinajstić information content (AvgIpc) is 2.18. The zero-order valence-corrected chi connectivity index (χ0v) is 8.39. The number of hydrogen-bond donors (Lipinski definition) is 0. The first-order chi connectivity index (χ1) is 7.06. The van der Waals surface area contributed by atoms with E-state index in [1.165, 1.54) is 24.3 Å². The van der Waals surface area contributed by atoms with E-state index in [0.717, 1.165) is 0 Å². The van der Waals surface area contributed by atoms with Crippen molar-refractivity contribution in [2.75, 3.05) is 0 Å². The van der Waals surface area contributed by atoms with E-state index in [0.29, 0.717) is 5.56 Å². The van der Waals surface area contributed by atoms with Crippen LogP contribution in [0.5, 0.6) is 0 Å². The van der Waals surface area contributed by atoms with Crippen LogP contribution < -0.4 is 0 Å². The van der Waals surface area contributed by atoms with Gasteiger partial charge in [0, 0.05) is 5.88 Å². The molecule has 0 aliphatic rings. The van der Waals surface area contributed by atoms with Gasteiger partial charge in [0.15, 0.2) is 0 Å². The van der Waals surface area contributed by atoms with Gasteiger partial charge in [0.25, 0.3) is 12.9 Å². The zero-order valence-electron chi connectivity index (χ0n) is 7.64. The summed E-state index contributed by atoms with van der Waals surface area (Å²) in [5.41, 5.74) is 0.650. The molecule has 0 heterocycles. The molecule has 0 amide bonds. The molecule has 0 saturated carbocycles. The van der Waals surface area contributed by atoms with Crippen LogP contribution in [0.4, 0.5) is 17.6 Å². The lowest BCUT2D eigenvalue weighted by Crippen LogP contribution is -2.17. The van der Waals surface area contributed by atoms with Gasteiger partial charge in [0.2, 0.25) is 0 Å². The van der Waals surface area contributed by atoms with Gasteiger partial charge in [-0.2, -0.15) is 0 Å². The first-order valence-corrected chi connectivity index (χ1v) is 4.80. The van der Waals surface area contributed by atoms with Crippen LogP contribution in [0.15, 0.2) is 24.3 Å². The molecule has 0 aliphatic carbocycles.